The van der Waals surface area contributed by atoms with Gasteiger partial charge in [-0.1, -0.05) is 36.4 Å². The number of hydrogen-bond donors (Lipinski definition) is 3. The van der Waals surface area contributed by atoms with Crippen LogP contribution >= 0.6 is 0 Å². The van der Waals surface area contributed by atoms with Crippen LogP contribution in [0, 0.1) is 11.2 Å². The first-order chi connectivity index (χ1) is 11.7. The maximum absolute atomic E-state index is 13.0. The van der Waals surface area contributed by atoms with Crippen molar-refractivity contribution in [3.05, 3.63) is 95.3 Å². The number of halogens is 1. The predicted molar refractivity (Wildman–Crippen MR) is 94.5 cm³/mol. The van der Waals surface area contributed by atoms with Crippen molar-refractivity contribution in [2.24, 2.45) is 0 Å². The normalized spacial score (nSPS) is 11.8. The molecule has 3 rings (SSSR count). The maximum Gasteiger partial charge on any atom is 0.123 e. The number of hydrogen-bond acceptors (Lipinski definition) is 3. The smallest absolute Gasteiger partial charge is 0.123 e. The van der Waals surface area contributed by atoms with E-state index < -0.39 is 6.10 Å². The molecule has 0 saturated heterocycles. The van der Waals surface area contributed by atoms with Crippen LogP contribution in [0.2, 0.25) is 0 Å². The Morgan fingerprint density at radius 2 is 1.62 bits per heavy atom. The largest absolute Gasteiger partial charge is 0.384 e. The van der Waals surface area contributed by atoms with E-state index in [0.29, 0.717) is 11.1 Å². The summed E-state index contributed by atoms with van der Waals surface area (Å²) in [6.07, 6.45) is 0.484. The highest BCUT2D eigenvalue weighted by molar-refractivity contribution is 5.87. The van der Waals surface area contributed by atoms with E-state index in [1.54, 1.807) is 18.2 Å². The van der Waals surface area contributed by atoms with E-state index in [1.807, 2.05) is 42.5 Å². The van der Waals surface area contributed by atoms with Gasteiger partial charge < -0.3 is 15.8 Å². The molecule has 1 atom stereocenters. The van der Waals surface area contributed by atoms with Crippen molar-refractivity contribution in [3.63, 3.8) is 0 Å². The van der Waals surface area contributed by atoms with E-state index in [4.69, 9.17) is 5.41 Å². The van der Waals surface area contributed by atoms with Gasteiger partial charge in [0.05, 0.1) is 0 Å². The molecule has 4 heteroatoms. The fourth-order valence-corrected chi connectivity index (χ4v) is 2.50. The average Bonchev–Trinajstić information content (AvgIpc) is 2.64. The van der Waals surface area contributed by atoms with Gasteiger partial charge in [0.25, 0.3) is 0 Å². The Kier molecular flexibility index (Phi) is 4.68. The summed E-state index contributed by atoms with van der Waals surface area (Å²) in [5.74, 6) is -0.297. The first kappa shape index (κ1) is 15.9. The third kappa shape index (κ3) is 3.50. The molecule has 0 saturated carbocycles. The van der Waals surface area contributed by atoms with Crippen molar-refractivity contribution < 1.29 is 9.50 Å². The van der Waals surface area contributed by atoms with Gasteiger partial charge in [-0.05, 0) is 47.5 Å². The van der Waals surface area contributed by atoms with Crippen molar-refractivity contribution in [1.29, 1.82) is 5.41 Å². The van der Waals surface area contributed by atoms with E-state index in [-0.39, 0.29) is 5.82 Å². The number of benzene rings is 3. The lowest BCUT2D eigenvalue weighted by molar-refractivity contribution is 0.220. The SMILES string of the molecule is N=Cc1cc(C(O)c2ccccc2)ccc1Nc1ccc(F)cc1. The van der Waals surface area contributed by atoms with Gasteiger partial charge in [-0.25, -0.2) is 4.39 Å². The molecule has 120 valence electrons. The quantitative estimate of drug-likeness (QED) is 0.599. The zero-order chi connectivity index (χ0) is 16.9. The van der Waals surface area contributed by atoms with E-state index in [2.05, 4.69) is 5.32 Å². The fraction of sp³-hybridized carbons (Fsp3) is 0.0500. The van der Waals surface area contributed by atoms with Gasteiger partial charge in [0.15, 0.2) is 0 Å². The molecule has 0 aromatic heterocycles. The second kappa shape index (κ2) is 7.06. The van der Waals surface area contributed by atoms with Crippen molar-refractivity contribution in [2.45, 2.75) is 6.10 Å². The highest BCUT2D eigenvalue weighted by atomic mass is 19.1. The summed E-state index contributed by atoms with van der Waals surface area (Å²) in [5, 5.41) is 21.3. The van der Waals surface area contributed by atoms with Gasteiger partial charge >= 0.3 is 0 Å². The van der Waals surface area contributed by atoms with Crippen LogP contribution in [-0.2, 0) is 0 Å². The Morgan fingerprint density at radius 1 is 0.917 bits per heavy atom. The number of rotatable bonds is 5. The first-order valence-electron chi connectivity index (χ1n) is 7.57. The van der Waals surface area contributed by atoms with E-state index in [9.17, 15) is 9.50 Å². The van der Waals surface area contributed by atoms with Crippen molar-refractivity contribution >= 4 is 17.6 Å². The summed E-state index contributed by atoms with van der Waals surface area (Å²) in [5.41, 5.74) is 3.61. The molecule has 3 aromatic carbocycles. The van der Waals surface area contributed by atoms with Crippen LogP contribution in [0.15, 0.2) is 72.8 Å². The Morgan fingerprint density at radius 3 is 2.29 bits per heavy atom. The molecule has 0 bridgehead atoms. The zero-order valence-corrected chi connectivity index (χ0v) is 12.9. The predicted octanol–water partition coefficient (Wildman–Crippen LogP) is 4.65. The molecule has 3 nitrogen and oxygen atoms in total. The topological polar surface area (TPSA) is 56.1 Å². The molecule has 0 fully saturated rings. The number of nitrogens with one attached hydrogen (secondary N) is 2. The molecule has 1 unspecified atom stereocenters. The number of aliphatic hydroxyl groups excluding tert-OH is 1. The second-order valence-corrected chi connectivity index (χ2v) is 5.44. The Labute approximate surface area is 139 Å². The third-order valence-corrected chi connectivity index (χ3v) is 3.79. The second-order valence-electron chi connectivity index (χ2n) is 5.44. The highest BCUT2D eigenvalue weighted by Crippen LogP contribution is 2.27. The molecule has 0 aliphatic heterocycles. The zero-order valence-electron chi connectivity index (χ0n) is 12.9. The van der Waals surface area contributed by atoms with E-state index in [1.165, 1.54) is 18.3 Å². The van der Waals surface area contributed by atoms with Crippen molar-refractivity contribution in [2.75, 3.05) is 5.32 Å². The lowest BCUT2D eigenvalue weighted by Gasteiger charge is -2.15. The van der Waals surface area contributed by atoms with E-state index >= 15 is 0 Å². The van der Waals surface area contributed by atoms with Crippen LogP contribution in [-0.4, -0.2) is 11.3 Å². The van der Waals surface area contributed by atoms with Gasteiger partial charge in [0, 0.05) is 23.2 Å². The fourth-order valence-electron chi connectivity index (χ4n) is 2.50. The van der Waals surface area contributed by atoms with Crippen molar-refractivity contribution in [3.8, 4) is 0 Å². The number of aliphatic hydroxyl groups is 1. The standard InChI is InChI=1S/C20H17FN2O/c21-17-7-9-18(10-8-17)23-19-11-6-15(12-16(19)13-22)20(24)14-4-2-1-3-5-14/h1-13,20,22-24H. The van der Waals surface area contributed by atoms with Crippen LogP contribution in [0.25, 0.3) is 0 Å². The summed E-state index contributed by atoms with van der Waals surface area (Å²) in [6, 6.07) is 20.8. The minimum absolute atomic E-state index is 0.297. The Bertz CT molecular complexity index is 832. The molecule has 0 spiro atoms. The van der Waals surface area contributed by atoms with Crippen LogP contribution in [0.1, 0.15) is 22.8 Å². The molecule has 0 aliphatic rings. The van der Waals surface area contributed by atoms with Gasteiger partial charge in [0.1, 0.15) is 11.9 Å². The molecule has 0 aliphatic carbocycles. The summed E-state index contributed by atoms with van der Waals surface area (Å²) >= 11 is 0. The van der Waals surface area contributed by atoms with Gasteiger partial charge in [-0.2, -0.15) is 0 Å². The maximum atomic E-state index is 13.0. The van der Waals surface area contributed by atoms with Gasteiger partial charge in [0.2, 0.25) is 0 Å². The van der Waals surface area contributed by atoms with Crippen molar-refractivity contribution in [1.82, 2.24) is 0 Å². The lowest BCUT2D eigenvalue weighted by Crippen LogP contribution is -2.02. The molecule has 0 radical (unpaired) electrons. The van der Waals surface area contributed by atoms with Crippen LogP contribution in [0.3, 0.4) is 0 Å². The summed E-state index contributed by atoms with van der Waals surface area (Å²) < 4.78 is 13.0. The monoisotopic (exact) mass is 320 g/mol. The minimum Gasteiger partial charge on any atom is -0.384 e. The molecule has 24 heavy (non-hydrogen) atoms. The number of anilines is 2. The Balaban J connectivity index is 1.88. The summed E-state index contributed by atoms with van der Waals surface area (Å²) in [7, 11) is 0. The van der Waals surface area contributed by atoms with Gasteiger partial charge in [-0.3, -0.25) is 0 Å². The van der Waals surface area contributed by atoms with E-state index in [0.717, 1.165) is 16.9 Å². The molecule has 0 heterocycles. The van der Waals surface area contributed by atoms with Crippen LogP contribution < -0.4 is 5.32 Å². The minimum atomic E-state index is -0.746. The summed E-state index contributed by atoms with van der Waals surface area (Å²) in [6.45, 7) is 0. The molecule has 3 aromatic rings. The first-order valence-corrected chi connectivity index (χ1v) is 7.57. The van der Waals surface area contributed by atoms with Crippen LogP contribution in [0.4, 0.5) is 15.8 Å². The molecular formula is C20H17FN2O. The molecule has 0 amide bonds. The highest BCUT2D eigenvalue weighted by Gasteiger charge is 2.12. The average molecular weight is 320 g/mol. The third-order valence-electron chi connectivity index (χ3n) is 3.79. The molecule has 3 N–H and O–H groups in total. The lowest BCUT2D eigenvalue weighted by atomic mass is 9.99. The summed E-state index contributed by atoms with van der Waals surface area (Å²) in [4.78, 5) is 0. The van der Waals surface area contributed by atoms with Gasteiger partial charge in [-0.15, -0.1) is 0 Å². The van der Waals surface area contributed by atoms with Crippen LogP contribution in [0.5, 0.6) is 0 Å². The molecular weight excluding hydrogens is 303 g/mol. The Hall–Kier alpha value is -2.98.